The molecular formula is C5H8N2S. The fourth-order valence-electron chi connectivity index (χ4n) is 0.596. The van der Waals surface area contributed by atoms with Crippen LogP contribution in [0, 0.1) is 0 Å². The molecular weight excluding hydrogens is 120 g/mol. The van der Waals surface area contributed by atoms with Crippen molar-refractivity contribution in [2.45, 2.75) is 13.3 Å². The largest absolute Gasteiger partial charge is 0.270 e. The normalized spacial score (nSPS) is 19.8. The maximum Gasteiger partial charge on any atom is 0.121 e. The molecule has 44 valence electrons. The molecule has 0 fully saturated rings. The Morgan fingerprint density at radius 1 is 1.62 bits per heavy atom. The first kappa shape index (κ1) is 5.82. The molecule has 1 rings (SSSR count). The van der Waals surface area contributed by atoms with Crippen molar-refractivity contribution in [2.75, 3.05) is 6.54 Å². The van der Waals surface area contributed by atoms with Crippen molar-refractivity contribution in [1.82, 2.24) is 0 Å². The SMILES string of the molecule is CC1=NCCC(S)=N1. The summed E-state index contributed by atoms with van der Waals surface area (Å²) >= 11 is 4.09. The second-order valence-corrected chi connectivity index (χ2v) is 2.22. The topological polar surface area (TPSA) is 24.7 Å². The highest BCUT2D eigenvalue weighted by Crippen LogP contribution is 2.00. The molecule has 0 saturated carbocycles. The Balaban J connectivity index is 2.69. The molecule has 0 atom stereocenters. The van der Waals surface area contributed by atoms with Gasteiger partial charge in [-0.25, -0.2) is 4.99 Å². The van der Waals surface area contributed by atoms with Crippen LogP contribution in [0.5, 0.6) is 0 Å². The van der Waals surface area contributed by atoms with Crippen LogP contribution < -0.4 is 0 Å². The quantitative estimate of drug-likeness (QED) is 0.473. The highest BCUT2D eigenvalue weighted by molar-refractivity contribution is 7.97. The highest BCUT2D eigenvalue weighted by atomic mass is 32.1. The summed E-state index contributed by atoms with van der Waals surface area (Å²) in [6.07, 6.45) is 0.903. The molecule has 0 bridgehead atoms. The predicted molar refractivity (Wildman–Crippen MR) is 39.0 cm³/mol. The first-order chi connectivity index (χ1) is 3.79. The van der Waals surface area contributed by atoms with Gasteiger partial charge in [0.2, 0.25) is 0 Å². The lowest BCUT2D eigenvalue weighted by Gasteiger charge is -2.02. The van der Waals surface area contributed by atoms with Crippen LogP contribution >= 0.6 is 12.6 Å². The van der Waals surface area contributed by atoms with E-state index in [4.69, 9.17) is 0 Å². The molecule has 0 N–H and O–H groups in total. The van der Waals surface area contributed by atoms with Gasteiger partial charge in [-0.05, 0) is 6.92 Å². The van der Waals surface area contributed by atoms with Gasteiger partial charge in [0.1, 0.15) is 5.84 Å². The number of nitrogens with zero attached hydrogens (tertiary/aromatic N) is 2. The van der Waals surface area contributed by atoms with Crippen LogP contribution in [-0.2, 0) is 0 Å². The average Bonchev–Trinajstić information content (AvgIpc) is 1.64. The minimum Gasteiger partial charge on any atom is -0.270 e. The van der Waals surface area contributed by atoms with Crippen molar-refractivity contribution in [3.05, 3.63) is 0 Å². The maximum absolute atomic E-state index is 4.09. The molecule has 2 nitrogen and oxygen atoms in total. The van der Waals surface area contributed by atoms with Gasteiger partial charge in [-0.3, -0.25) is 4.99 Å². The second kappa shape index (κ2) is 2.31. The molecule has 0 spiro atoms. The van der Waals surface area contributed by atoms with Crippen LogP contribution in [0.1, 0.15) is 13.3 Å². The molecule has 0 aromatic heterocycles. The minimum absolute atomic E-state index is 0.848. The van der Waals surface area contributed by atoms with Gasteiger partial charge in [0.15, 0.2) is 0 Å². The first-order valence-electron chi connectivity index (χ1n) is 2.56. The molecule has 8 heavy (non-hydrogen) atoms. The average molecular weight is 128 g/mol. The minimum atomic E-state index is 0.848. The van der Waals surface area contributed by atoms with E-state index < -0.39 is 0 Å². The summed E-state index contributed by atoms with van der Waals surface area (Å²) in [6.45, 7) is 2.74. The monoisotopic (exact) mass is 128 g/mol. The number of aliphatic imine (C=N–C) groups is 2. The summed E-state index contributed by atoms with van der Waals surface area (Å²) in [5.41, 5.74) is 0. The zero-order valence-corrected chi connectivity index (χ0v) is 5.65. The van der Waals surface area contributed by atoms with Crippen LogP contribution in [0.4, 0.5) is 0 Å². The van der Waals surface area contributed by atoms with E-state index in [-0.39, 0.29) is 0 Å². The van der Waals surface area contributed by atoms with Gasteiger partial charge < -0.3 is 0 Å². The van der Waals surface area contributed by atoms with Crippen molar-refractivity contribution in [3.63, 3.8) is 0 Å². The number of rotatable bonds is 0. The summed E-state index contributed by atoms with van der Waals surface area (Å²) < 4.78 is 0. The van der Waals surface area contributed by atoms with Crippen LogP contribution in [0.25, 0.3) is 0 Å². The van der Waals surface area contributed by atoms with E-state index in [0.29, 0.717) is 0 Å². The van der Waals surface area contributed by atoms with Gasteiger partial charge in [0.05, 0.1) is 5.04 Å². The third kappa shape index (κ3) is 1.33. The third-order valence-corrected chi connectivity index (χ3v) is 1.29. The summed E-state index contributed by atoms with van der Waals surface area (Å²) in [5, 5.41) is 0.900. The number of amidine groups is 1. The zero-order valence-electron chi connectivity index (χ0n) is 4.76. The highest BCUT2D eigenvalue weighted by Gasteiger charge is 1.98. The lowest BCUT2D eigenvalue weighted by atomic mass is 10.4. The van der Waals surface area contributed by atoms with Crippen LogP contribution in [0.3, 0.4) is 0 Å². The fraction of sp³-hybridized carbons (Fsp3) is 0.600. The van der Waals surface area contributed by atoms with Gasteiger partial charge in [-0.1, -0.05) is 0 Å². The maximum atomic E-state index is 4.09. The molecule has 0 amide bonds. The Bertz CT molecular complexity index is 149. The van der Waals surface area contributed by atoms with Crippen molar-refractivity contribution < 1.29 is 0 Å². The smallest absolute Gasteiger partial charge is 0.121 e. The van der Waals surface area contributed by atoms with Crippen molar-refractivity contribution >= 4 is 23.5 Å². The molecule has 3 heteroatoms. The molecule has 0 aliphatic carbocycles. The van der Waals surface area contributed by atoms with Gasteiger partial charge in [-0.15, -0.1) is 12.6 Å². The first-order valence-corrected chi connectivity index (χ1v) is 3.01. The van der Waals surface area contributed by atoms with Crippen LogP contribution in [0.2, 0.25) is 0 Å². The van der Waals surface area contributed by atoms with Gasteiger partial charge in [0.25, 0.3) is 0 Å². The van der Waals surface area contributed by atoms with E-state index in [1.165, 1.54) is 0 Å². The van der Waals surface area contributed by atoms with E-state index in [0.717, 1.165) is 23.8 Å². The summed E-state index contributed by atoms with van der Waals surface area (Å²) in [4.78, 5) is 8.07. The number of hydrogen-bond donors (Lipinski definition) is 1. The predicted octanol–water partition coefficient (Wildman–Crippen LogP) is 1.14. The van der Waals surface area contributed by atoms with E-state index in [1.54, 1.807) is 0 Å². The van der Waals surface area contributed by atoms with Gasteiger partial charge >= 0.3 is 0 Å². The fourth-order valence-corrected chi connectivity index (χ4v) is 0.840. The van der Waals surface area contributed by atoms with Crippen LogP contribution in [0.15, 0.2) is 9.98 Å². The van der Waals surface area contributed by atoms with Crippen molar-refractivity contribution in [2.24, 2.45) is 9.98 Å². The van der Waals surface area contributed by atoms with E-state index in [1.807, 2.05) is 6.92 Å². The van der Waals surface area contributed by atoms with E-state index in [9.17, 15) is 0 Å². The number of hydrogen-bond acceptors (Lipinski definition) is 2. The molecule has 1 heterocycles. The van der Waals surface area contributed by atoms with Crippen LogP contribution in [-0.4, -0.2) is 17.4 Å². The Labute approximate surface area is 54.1 Å². The standard InChI is InChI=1S/C5H8N2S/c1-4-6-3-2-5(8)7-4/h2-3H2,1H3,(H,6,7,8). The third-order valence-electron chi connectivity index (χ3n) is 0.967. The van der Waals surface area contributed by atoms with E-state index in [2.05, 4.69) is 22.6 Å². The van der Waals surface area contributed by atoms with E-state index >= 15 is 0 Å². The molecule has 0 aromatic rings. The Kier molecular flexibility index (Phi) is 1.68. The molecule has 0 saturated heterocycles. The van der Waals surface area contributed by atoms with Crippen molar-refractivity contribution in [3.8, 4) is 0 Å². The van der Waals surface area contributed by atoms with Gasteiger partial charge in [0, 0.05) is 13.0 Å². The summed E-state index contributed by atoms with van der Waals surface area (Å²) in [5.74, 6) is 0.848. The Morgan fingerprint density at radius 2 is 2.38 bits per heavy atom. The molecule has 0 unspecified atom stereocenters. The molecule has 1 aliphatic rings. The summed E-state index contributed by atoms with van der Waals surface area (Å²) in [7, 11) is 0. The molecule has 0 aromatic carbocycles. The zero-order chi connectivity index (χ0) is 5.98. The second-order valence-electron chi connectivity index (χ2n) is 1.71. The Hall–Kier alpha value is -0.310. The lowest BCUT2D eigenvalue weighted by molar-refractivity contribution is 1.02. The lowest BCUT2D eigenvalue weighted by Crippen LogP contribution is -2.03. The molecule has 0 radical (unpaired) electrons. The Morgan fingerprint density at radius 3 is 2.75 bits per heavy atom. The summed E-state index contributed by atoms with van der Waals surface area (Å²) in [6, 6.07) is 0. The van der Waals surface area contributed by atoms with Crippen molar-refractivity contribution in [1.29, 1.82) is 0 Å². The van der Waals surface area contributed by atoms with Gasteiger partial charge in [-0.2, -0.15) is 0 Å². The molecule has 1 aliphatic heterocycles. The number of thiol groups is 1.